The molecule has 1 aliphatic heterocycles. The molecule has 2 nitrogen and oxygen atoms in total. The number of allylic oxidation sites excluding steroid dienone is 3. The third-order valence-corrected chi connectivity index (χ3v) is 5.58. The Kier molecular flexibility index (Phi) is 7.52. The van der Waals surface area contributed by atoms with Gasteiger partial charge in [-0.15, -0.1) is 0 Å². The minimum absolute atomic E-state index is 0.181. The van der Waals surface area contributed by atoms with E-state index in [1.165, 1.54) is 41.8 Å². The van der Waals surface area contributed by atoms with Crippen molar-refractivity contribution in [3.63, 3.8) is 0 Å². The summed E-state index contributed by atoms with van der Waals surface area (Å²) >= 11 is 0. The predicted molar refractivity (Wildman–Crippen MR) is 115 cm³/mol. The van der Waals surface area contributed by atoms with E-state index in [2.05, 4.69) is 51.9 Å². The first-order valence-electron chi connectivity index (χ1n) is 10.5. The van der Waals surface area contributed by atoms with Crippen LogP contribution in [0, 0.1) is 17.7 Å². The van der Waals surface area contributed by atoms with Crippen LogP contribution in [-0.2, 0) is 0 Å². The Bertz CT molecular complexity index is 683. The van der Waals surface area contributed by atoms with Crippen molar-refractivity contribution < 1.29 is 4.39 Å². The largest absolute Gasteiger partial charge is 0.389 e. The van der Waals surface area contributed by atoms with Crippen molar-refractivity contribution in [1.82, 2.24) is 10.2 Å². The van der Waals surface area contributed by atoms with Gasteiger partial charge < -0.3 is 10.2 Å². The van der Waals surface area contributed by atoms with Gasteiger partial charge in [0.2, 0.25) is 0 Å². The molecule has 3 heteroatoms. The summed E-state index contributed by atoms with van der Waals surface area (Å²) in [6.07, 6.45) is 4.69. The van der Waals surface area contributed by atoms with Crippen LogP contribution in [-0.4, -0.2) is 25.0 Å². The summed E-state index contributed by atoms with van der Waals surface area (Å²) < 4.78 is 13.6. The maximum absolute atomic E-state index is 13.6. The van der Waals surface area contributed by atoms with Gasteiger partial charge in [0.1, 0.15) is 5.82 Å². The fourth-order valence-corrected chi connectivity index (χ4v) is 4.56. The number of hydrogen-bond acceptors (Lipinski definition) is 2. The van der Waals surface area contributed by atoms with Gasteiger partial charge in [0.15, 0.2) is 0 Å². The smallest absolute Gasteiger partial charge is 0.123 e. The average molecular weight is 373 g/mol. The van der Waals surface area contributed by atoms with Gasteiger partial charge in [-0.3, -0.25) is 0 Å². The minimum Gasteiger partial charge on any atom is -0.389 e. The number of benzene rings is 1. The highest BCUT2D eigenvalue weighted by molar-refractivity contribution is 5.84. The molecule has 1 unspecified atom stereocenters. The van der Waals surface area contributed by atoms with E-state index >= 15 is 0 Å². The van der Waals surface area contributed by atoms with Gasteiger partial charge in [0, 0.05) is 31.1 Å². The summed E-state index contributed by atoms with van der Waals surface area (Å²) in [4.78, 5) is 2.48. The topological polar surface area (TPSA) is 15.3 Å². The van der Waals surface area contributed by atoms with Gasteiger partial charge in [0.25, 0.3) is 0 Å². The van der Waals surface area contributed by atoms with Gasteiger partial charge in [-0.25, -0.2) is 4.39 Å². The van der Waals surface area contributed by atoms with Crippen molar-refractivity contribution in [2.45, 2.75) is 66.3 Å². The van der Waals surface area contributed by atoms with Gasteiger partial charge in [-0.1, -0.05) is 59.6 Å². The Morgan fingerprint density at radius 3 is 2.19 bits per heavy atom. The van der Waals surface area contributed by atoms with Gasteiger partial charge >= 0.3 is 0 Å². The van der Waals surface area contributed by atoms with E-state index in [4.69, 9.17) is 0 Å². The number of unbranched alkanes of at least 4 members (excludes halogenated alkanes) is 2. The van der Waals surface area contributed by atoms with E-state index in [9.17, 15) is 4.39 Å². The Hall–Kier alpha value is -1.77. The van der Waals surface area contributed by atoms with E-state index < -0.39 is 0 Å². The van der Waals surface area contributed by atoms with Crippen LogP contribution in [0.4, 0.5) is 4.39 Å². The monoisotopic (exact) mass is 372 g/mol. The van der Waals surface area contributed by atoms with Crippen molar-refractivity contribution in [2.24, 2.45) is 11.8 Å². The average Bonchev–Trinajstić information content (AvgIpc) is 2.61. The molecule has 0 radical (unpaired) electrons. The fourth-order valence-electron chi connectivity index (χ4n) is 4.56. The molecule has 0 aliphatic carbocycles. The first-order chi connectivity index (χ1) is 12.8. The number of halogens is 1. The summed E-state index contributed by atoms with van der Waals surface area (Å²) in [6.45, 7) is 11.4. The quantitative estimate of drug-likeness (QED) is 0.545. The van der Waals surface area contributed by atoms with Crippen LogP contribution in [0.1, 0.15) is 65.9 Å². The molecule has 1 N–H and O–H groups in total. The molecule has 0 bridgehead atoms. The molecule has 1 atom stereocenters. The second-order valence-electron chi connectivity index (χ2n) is 8.32. The summed E-state index contributed by atoms with van der Waals surface area (Å²) in [7, 11) is 4.25. The number of nitrogens with one attached hydrogen (secondary N) is 1. The lowest BCUT2D eigenvalue weighted by molar-refractivity contribution is 0.239. The SMILES string of the molecule is CCCCCC1=C(C(C)C)N(C)C(C(C)C)C(NC)=C1c1ccc(F)cc1. The first-order valence-corrected chi connectivity index (χ1v) is 10.5. The zero-order valence-electron chi connectivity index (χ0n) is 18.2. The molecule has 27 heavy (non-hydrogen) atoms. The summed E-state index contributed by atoms with van der Waals surface area (Å²) in [5, 5.41) is 3.52. The van der Waals surface area contributed by atoms with Crippen LogP contribution in [0.5, 0.6) is 0 Å². The summed E-state index contributed by atoms with van der Waals surface area (Å²) in [6, 6.07) is 7.32. The molecule has 0 spiro atoms. The minimum atomic E-state index is -0.181. The molecule has 0 aromatic heterocycles. The second-order valence-corrected chi connectivity index (χ2v) is 8.32. The molecule has 1 aromatic rings. The van der Waals surface area contributed by atoms with E-state index in [0.717, 1.165) is 12.0 Å². The predicted octanol–water partition coefficient (Wildman–Crippen LogP) is 6.22. The number of nitrogens with zero attached hydrogens (tertiary/aromatic N) is 1. The van der Waals surface area contributed by atoms with Crippen molar-refractivity contribution in [2.75, 3.05) is 14.1 Å². The molecule has 0 saturated heterocycles. The lowest BCUT2D eigenvalue weighted by Gasteiger charge is -2.44. The number of likely N-dealkylation sites (N-methyl/N-ethyl adjacent to an activating group) is 2. The van der Waals surface area contributed by atoms with Crippen LogP contribution in [0.2, 0.25) is 0 Å². The third-order valence-electron chi connectivity index (χ3n) is 5.58. The molecule has 150 valence electrons. The van der Waals surface area contributed by atoms with E-state index in [1.54, 1.807) is 12.1 Å². The molecular formula is C24H37FN2. The lowest BCUT2D eigenvalue weighted by atomic mass is 9.80. The normalized spacial score (nSPS) is 18.1. The summed E-state index contributed by atoms with van der Waals surface area (Å²) in [5.74, 6) is 0.736. The number of hydrogen-bond donors (Lipinski definition) is 1. The zero-order valence-corrected chi connectivity index (χ0v) is 18.2. The zero-order chi connectivity index (χ0) is 20.1. The Labute approximate surface area is 165 Å². The standard InChI is InChI=1S/C24H37FN2/c1-8-9-10-11-20-21(18-12-14-19(25)15-13-18)22(26-6)24(17(4)5)27(7)23(20)16(2)3/h12-17,24,26H,8-11H2,1-7H3. The van der Waals surface area contributed by atoms with Crippen molar-refractivity contribution in [1.29, 1.82) is 0 Å². The molecule has 0 amide bonds. The van der Waals surface area contributed by atoms with Crippen LogP contribution in [0.25, 0.3) is 5.57 Å². The van der Waals surface area contributed by atoms with Crippen molar-refractivity contribution >= 4 is 5.57 Å². The maximum atomic E-state index is 13.6. The van der Waals surface area contributed by atoms with Crippen molar-refractivity contribution in [3.8, 4) is 0 Å². The van der Waals surface area contributed by atoms with Gasteiger partial charge in [0.05, 0.1) is 6.04 Å². The molecule has 1 heterocycles. The molecule has 1 aliphatic rings. The highest BCUT2D eigenvalue weighted by Gasteiger charge is 2.35. The lowest BCUT2D eigenvalue weighted by Crippen LogP contribution is -2.45. The highest BCUT2D eigenvalue weighted by atomic mass is 19.1. The molecule has 1 aromatic carbocycles. The number of rotatable bonds is 8. The molecule has 0 saturated carbocycles. The van der Waals surface area contributed by atoms with Crippen LogP contribution in [0.3, 0.4) is 0 Å². The maximum Gasteiger partial charge on any atom is 0.123 e. The Balaban J connectivity index is 2.72. The van der Waals surface area contributed by atoms with Gasteiger partial charge in [-0.2, -0.15) is 0 Å². The molecule has 0 fully saturated rings. The van der Waals surface area contributed by atoms with E-state index in [1.807, 2.05) is 19.2 Å². The van der Waals surface area contributed by atoms with Crippen molar-refractivity contribution in [3.05, 3.63) is 52.6 Å². The van der Waals surface area contributed by atoms with E-state index in [0.29, 0.717) is 17.9 Å². The second kappa shape index (κ2) is 9.43. The first kappa shape index (κ1) is 21.5. The van der Waals surface area contributed by atoms with Gasteiger partial charge in [-0.05, 0) is 47.9 Å². The molecule has 2 rings (SSSR count). The Morgan fingerprint density at radius 1 is 1.07 bits per heavy atom. The fraction of sp³-hybridized carbons (Fsp3) is 0.583. The third kappa shape index (κ3) is 4.56. The van der Waals surface area contributed by atoms with Crippen LogP contribution in [0.15, 0.2) is 41.2 Å². The van der Waals surface area contributed by atoms with Crippen LogP contribution < -0.4 is 5.32 Å². The Morgan fingerprint density at radius 2 is 1.70 bits per heavy atom. The van der Waals surface area contributed by atoms with Crippen LogP contribution >= 0.6 is 0 Å². The summed E-state index contributed by atoms with van der Waals surface area (Å²) in [5.41, 5.74) is 6.52. The molecular weight excluding hydrogens is 335 g/mol. The van der Waals surface area contributed by atoms with E-state index in [-0.39, 0.29) is 5.82 Å². The highest BCUT2D eigenvalue weighted by Crippen LogP contribution is 2.43.